The van der Waals surface area contributed by atoms with E-state index in [-0.39, 0.29) is 11.7 Å². The van der Waals surface area contributed by atoms with Crippen LogP contribution in [0.5, 0.6) is 0 Å². The van der Waals surface area contributed by atoms with E-state index in [1.807, 2.05) is 17.9 Å². The number of nitrogens with zero attached hydrogens (tertiary/aromatic N) is 4. The van der Waals surface area contributed by atoms with Crippen molar-refractivity contribution in [2.45, 2.75) is 25.2 Å². The summed E-state index contributed by atoms with van der Waals surface area (Å²) in [4.78, 5) is 24.1. The lowest BCUT2D eigenvalue weighted by molar-refractivity contribution is -0.123. The lowest BCUT2D eigenvalue weighted by Gasteiger charge is -2.35. The van der Waals surface area contributed by atoms with E-state index in [0.29, 0.717) is 14.6 Å². The predicted molar refractivity (Wildman–Crippen MR) is 122 cm³/mol. The lowest BCUT2D eigenvalue weighted by Crippen LogP contribution is -2.38. The van der Waals surface area contributed by atoms with Crippen LogP contribution in [0.3, 0.4) is 0 Å². The largest absolute Gasteiger partial charge is 0.369 e. The van der Waals surface area contributed by atoms with Crippen molar-refractivity contribution in [2.75, 3.05) is 27.2 Å². The minimum absolute atomic E-state index is 0.0783. The first-order chi connectivity index (χ1) is 14.0. The monoisotopic (exact) mass is 424 g/mol. The second-order valence-electron chi connectivity index (χ2n) is 8.07. The number of likely N-dealkylation sites (N-methyl/N-ethyl adjacent to an activating group) is 1. The van der Waals surface area contributed by atoms with Crippen LogP contribution in [0.2, 0.25) is 0 Å². The molecule has 0 spiro atoms. The van der Waals surface area contributed by atoms with Crippen molar-refractivity contribution in [1.82, 2.24) is 19.7 Å². The molecule has 150 valence electrons. The summed E-state index contributed by atoms with van der Waals surface area (Å²) in [6.45, 7) is 4.10. The number of hydrogen-bond acceptors (Lipinski definition) is 5. The summed E-state index contributed by atoms with van der Waals surface area (Å²) in [7, 11) is 4.83. The van der Waals surface area contributed by atoms with Crippen molar-refractivity contribution in [3.8, 4) is 0 Å². The predicted octanol–water partition coefficient (Wildman–Crippen LogP) is 3.84. The zero-order valence-corrected chi connectivity index (χ0v) is 18.7. The van der Waals surface area contributed by atoms with Crippen LogP contribution in [0, 0.1) is 6.92 Å². The summed E-state index contributed by atoms with van der Waals surface area (Å²) < 4.78 is 1.19. The maximum atomic E-state index is 13.0. The molecule has 3 aliphatic rings. The number of carbonyl (C=O) groups is 1. The van der Waals surface area contributed by atoms with E-state index in [0.717, 1.165) is 40.2 Å². The van der Waals surface area contributed by atoms with Gasteiger partial charge < -0.3 is 14.7 Å². The first-order valence-electron chi connectivity index (χ1n) is 9.97. The molecule has 29 heavy (non-hydrogen) atoms. The Bertz CT molecular complexity index is 1070. The molecule has 1 aromatic carbocycles. The van der Waals surface area contributed by atoms with E-state index < -0.39 is 0 Å². The second-order valence-corrected chi connectivity index (χ2v) is 10.7. The Hall–Kier alpha value is -2.01. The number of rotatable bonds is 3. The summed E-state index contributed by atoms with van der Waals surface area (Å²) in [5.41, 5.74) is 3.34. The van der Waals surface area contributed by atoms with Gasteiger partial charge in [0.15, 0.2) is 0 Å². The Morgan fingerprint density at radius 2 is 2.17 bits per heavy atom. The van der Waals surface area contributed by atoms with Gasteiger partial charge in [0.05, 0.1) is 26.7 Å². The fourth-order valence-electron chi connectivity index (χ4n) is 4.22. The third-order valence-corrected chi connectivity index (χ3v) is 8.36. The van der Waals surface area contributed by atoms with Crippen LogP contribution in [0.4, 0.5) is 0 Å². The minimum Gasteiger partial charge on any atom is -0.369 e. The Morgan fingerprint density at radius 3 is 2.97 bits per heavy atom. The molecule has 2 unspecified atom stereocenters. The average molecular weight is 425 g/mol. The summed E-state index contributed by atoms with van der Waals surface area (Å²) in [6.07, 6.45) is 9.46. The normalized spacial score (nSPS) is 25.2. The number of thiazole rings is 1. The minimum atomic E-state index is 0.0783. The zero-order chi connectivity index (χ0) is 20.1. The first-order valence-corrected chi connectivity index (χ1v) is 11.9. The van der Waals surface area contributed by atoms with Crippen LogP contribution in [0.15, 0.2) is 48.3 Å². The van der Waals surface area contributed by atoms with Gasteiger partial charge in [-0.1, -0.05) is 20.7 Å². The van der Waals surface area contributed by atoms with Gasteiger partial charge in [0, 0.05) is 31.4 Å². The van der Waals surface area contributed by atoms with Crippen LogP contribution >= 0.6 is 19.9 Å². The molecule has 7 heteroatoms. The molecule has 0 aliphatic carbocycles. The van der Waals surface area contributed by atoms with Gasteiger partial charge in [-0.15, -0.1) is 11.3 Å². The molecule has 1 aromatic heterocycles. The summed E-state index contributed by atoms with van der Waals surface area (Å²) in [5, 5.41) is 2.21. The number of carbonyl (C=O) groups excluding carboxylic acids is 1. The quantitative estimate of drug-likeness (QED) is 0.702. The average Bonchev–Trinajstić information content (AvgIpc) is 3.33. The highest BCUT2D eigenvalue weighted by Gasteiger charge is 2.31. The summed E-state index contributed by atoms with van der Waals surface area (Å²) >= 11 is 1.71. The smallest absolute Gasteiger partial charge is 0.252 e. The highest BCUT2D eigenvalue weighted by molar-refractivity contribution is 7.51. The fraction of sp³-hybridized carbons (Fsp3) is 0.364. The van der Waals surface area contributed by atoms with Crippen molar-refractivity contribution < 1.29 is 4.79 Å². The fourth-order valence-corrected chi connectivity index (χ4v) is 6.47. The van der Waals surface area contributed by atoms with Gasteiger partial charge >= 0.3 is 0 Å². The number of aromatic nitrogens is 1. The van der Waals surface area contributed by atoms with Gasteiger partial charge in [-0.2, -0.15) is 0 Å². The highest BCUT2D eigenvalue weighted by atomic mass is 32.1. The third kappa shape index (κ3) is 3.54. The number of likely N-dealkylation sites (tertiary alicyclic amines) is 1. The van der Waals surface area contributed by atoms with E-state index in [1.54, 1.807) is 11.3 Å². The molecule has 2 aromatic rings. The SMILES string of the molecule is Cc1nc2ccc(C3=CC(=O)N4C=C(N5CC[C@H](N(C)C)C5)C=CC4P3)cc2s1. The molecule has 4 heterocycles. The van der Waals surface area contributed by atoms with E-state index in [4.69, 9.17) is 0 Å². The molecule has 1 amide bonds. The molecule has 5 rings (SSSR count). The van der Waals surface area contributed by atoms with Crippen LogP contribution in [0.25, 0.3) is 15.5 Å². The lowest BCUT2D eigenvalue weighted by atomic mass is 10.2. The van der Waals surface area contributed by atoms with E-state index in [9.17, 15) is 4.79 Å². The van der Waals surface area contributed by atoms with Crippen molar-refractivity contribution >= 4 is 41.4 Å². The number of allylic oxidation sites excluding steroid dienone is 1. The molecule has 1 fully saturated rings. The molecule has 0 saturated carbocycles. The van der Waals surface area contributed by atoms with Crippen molar-refractivity contribution in [3.63, 3.8) is 0 Å². The standard InChI is InChI=1S/C22H25N4OPS/c1-14-23-18-6-4-15(10-20(18)29-14)19-11-21(27)26-13-17(5-7-22(26)28-19)25-9-8-16(12-25)24(2)3/h4-7,10-11,13,16,22,28H,8-9,12H2,1-3H3/t16-,22?/m0/s1. The van der Waals surface area contributed by atoms with Gasteiger partial charge in [-0.25, -0.2) is 4.98 Å². The molecule has 0 bridgehead atoms. The topological polar surface area (TPSA) is 39.7 Å². The van der Waals surface area contributed by atoms with E-state index in [1.165, 1.54) is 11.1 Å². The Labute approximate surface area is 177 Å². The van der Waals surface area contributed by atoms with Crippen molar-refractivity contribution in [3.05, 3.63) is 58.9 Å². The molecule has 0 radical (unpaired) electrons. The first kappa shape index (κ1) is 19.0. The Balaban J connectivity index is 1.38. The molecule has 5 nitrogen and oxygen atoms in total. The molecule has 3 atom stereocenters. The number of aryl methyl sites for hydroxylation is 1. The molecular weight excluding hydrogens is 399 g/mol. The van der Waals surface area contributed by atoms with Gasteiger partial charge in [0.25, 0.3) is 5.91 Å². The van der Waals surface area contributed by atoms with Crippen LogP contribution in [-0.2, 0) is 4.79 Å². The Kier molecular flexibility index (Phi) is 4.81. The van der Waals surface area contributed by atoms with Gasteiger partial charge in [-0.3, -0.25) is 4.79 Å². The van der Waals surface area contributed by atoms with E-state index in [2.05, 4.69) is 65.4 Å². The number of amides is 1. The number of hydrogen-bond donors (Lipinski definition) is 0. The molecule has 3 aliphatic heterocycles. The number of fused-ring (bicyclic) bond motifs is 2. The van der Waals surface area contributed by atoms with Gasteiger partial charge in [0.2, 0.25) is 0 Å². The maximum absolute atomic E-state index is 13.0. The number of benzene rings is 1. The van der Waals surface area contributed by atoms with Gasteiger partial charge in [0.1, 0.15) is 0 Å². The molecule has 0 N–H and O–H groups in total. The van der Waals surface area contributed by atoms with Crippen LogP contribution in [0.1, 0.15) is 17.0 Å². The van der Waals surface area contributed by atoms with Gasteiger partial charge in [-0.05, 0) is 56.5 Å². The maximum Gasteiger partial charge on any atom is 0.252 e. The molecular formula is C22H25N4OPS. The third-order valence-electron chi connectivity index (χ3n) is 5.91. The second kappa shape index (κ2) is 7.35. The van der Waals surface area contributed by atoms with Crippen LogP contribution in [-0.4, -0.2) is 64.6 Å². The van der Waals surface area contributed by atoms with Crippen molar-refractivity contribution in [2.24, 2.45) is 0 Å². The van der Waals surface area contributed by atoms with Crippen LogP contribution < -0.4 is 0 Å². The summed E-state index contributed by atoms with van der Waals surface area (Å²) in [5.74, 6) is 0.201. The van der Waals surface area contributed by atoms with Crippen molar-refractivity contribution in [1.29, 1.82) is 0 Å². The highest BCUT2D eigenvalue weighted by Crippen LogP contribution is 2.45. The van der Waals surface area contributed by atoms with E-state index >= 15 is 0 Å². The summed E-state index contributed by atoms with van der Waals surface area (Å²) in [6, 6.07) is 6.93. The Morgan fingerprint density at radius 1 is 1.31 bits per heavy atom. The molecule has 1 saturated heterocycles. The zero-order valence-electron chi connectivity index (χ0n) is 16.9.